The average Bonchev–Trinajstić information content (AvgIpc) is 1.07. The van der Waals surface area contributed by atoms with Gasteiger partial charge < -0.3 is 65.1 Å². The van der Waals surface area contributed by atoms with Gasteiger partial charge in [-0.2, -0.15) is 0 Å². The number of hydrogen-bond donors (Lipinski definition) is 9. The van der Waals surface area contributed by atoms with Crippen LogP contribution in [-0.4, -0.2) is 140 Å². The molecule has 1 amide bonds. The van der Waals surface area contributed by atoms with E-state index < -0.39 is 86.8 Å². The number of carbonyl (C=O) groups is 1. The molecule has 14 nitrogen and oxygen atoms in total. The SMILES string of the molecule is CC/C=C\C/C=C\C/C=C\C/C=C\C/C=C\C/C=C\CCCCCCCCCCC(=O)NC(COC1OC(CO)C(OC2OC(CO)C(O)C(O)C2O)C(O)C1O)C(O)/C=C/CC/C=C/CC/C=C/CCCCCCCCCCCCCCCCCCCCCC. The van der Waals surface area contributed by atoms with Crippen LogP contribution in [0.25, 0.3) is 0 Å². The van der Waals surface area contributed by atoms with Crippen molar-refractivity contribution in [3.8, 4) is 0 Å². The Kier molecular flexibility index (Phi) is 55.5. The van der Waals surface area contributed by atoms with Crippen LogP contribution in [-0.2, 0) is 23.7 Å². The summed E-state index contributed by atoms with van der Waals surface area (Å²) in [4.78, 5) is 13.3. The van der Waals surface area contributed by atoms with Crippen molar-refractivity contribution in [1.29, 1.82) is 0 Å². The maximum absolute atomic E-state index is 13.3. The zero-order chi connectivity index (χ0) is 65.9. The number of ether oxygens (including phenoxy) is 4. The van der Waals surface area contributed by atoms with Crippen molar-refractivity contribution >= 4 is 5.91 Å². The number of carbonyl (C=O) groups excluding carboxylic acids is 1. The van der Waals surface area contributed by atoms with E-state index in [1.54, 1.807) is 6.08 Å². The second-order valence-electron chi connectivity index (χ2n) is 25.3. The lowest BCUT2D eigenvalue weighted by molar-refractivity contribution is -0.359. The molecule has 91 heavy (non-hydrogen) atoms. The van der Waals surface area contributed by atoms with Gasteiger partial charge in [0.25, 0.3) is 0 Å². The molecule has 2 fully saturated rings. The lowest BCUT2D eigenvalue weighted by Crippen LogP contribution is -2.65. The molecule has 524 valence electrons. The summed E-state index contributed by atoms with van der Waals surface area (Å²) in [7, 11) is 0. The topological polar surface area (TPSA) is 228 Å². The third-order valence-electron chi connectivity index (χ3n) is 17.2. The van der Waals surface area contributed by atoms with Crippen LogP contribution in [0.3, 0.4) is 0 Å². The van der Waals surface area contributed by atoms with Gasteiger partial charge in [-0.15, -0.1) is 0 Å². The Morgan fingerprint density at radius 3 is 1.21 bits per heavy atom. The number of amides is 1. The van der Waals surface area contributed by atoms with Gasteiger partial charge in [-0.25, -0.2) is 0 Å². The third kappa shape index (κ3) is 44.1. The molecule has 0 saturated carbocycles. The number of aliphatic hydroxyl groups is 8. The van der Waals surface area contributed by atoms with E-state index in [1.165, 1.54) is 148 Å². The number of allylic oxidation sites excluding steroid dienone is 17. The molecule has 9 N–H and O–H groups in total. The van der Waals surface area contributed by atoms with Gasteiger partial charge in [0.15, 0.2) is 12.6 Å². The van der Waals surface area contributed by atoms with E-state index in [0.717, 1.165) is 96.3 Å². The summed E-state index contributed by atoms with van der Waals surface area (Å²) in [5, 5.41) is 87.5. The minimum atomic E-state index is -1.80. The van der Waals surface area contributed by atoms with Crippen LogP contribution in [0.4, 0.5) is 0 Å². The monoisotopic (exact) mass is 1280 g/mol. The van der Waals surface area contributed by atoms with Crippen LogP contribution in [0.1, 0.15) is 277 Å². The highest BCUT2D eigenvalue weighted by atomic mass is 16.7. The maximum atomic E-state index is 13.3. The smallest absolute Gasteiger partial charge is 0.220 e. The molecule has 0 aliphatic carbocycles. The van der Waals surface area contributed by atoms with E-state index in [1.807, 2.05) is 6.08 Å². The fourth-order valence-corrected chi connectivity index (χ4v) is 11.4. The summed E-state index contributed by atoms with van der Waals surface area (Å²) < 4.78 is 22.8. The molecule has 2 heterocycles. The first-order valence-corrected chi connectivity index (χ1v) is 36.6. The third-order valence-corrected chi connectivity index (χ3v) is 17.2. The molecular weight excluding hydrogens is 1150 g/mol. The van der Waals surface area contributed by atoms with E-state index in [-0.39, 0.29) is 18.9 Å². The Hall–Kier alpha value is -3.35. The Balaban J connectivity index is 1.70. The number of hydrogen-bond acceptors (Lipinski definition) is 13. The summed E-state index contributed by atoms with van der Waals surface area (Å²) in [6.45, 7) is 2.67. The van der Waals surface area contributed by atoms with Crippen LogP contribution < -0.4 is 5.32 Å². The van der Waals surface area contributed by atoms with Gasteiger partial charge in [-0.3, -0.25) is 4.79 Å². The van der Waals surface area contributed by atoms with E-state index in [9.17, 15) is 45.6 Å². The molecule has 2 rings (SSSR count). The summed E-state index contributed by atoms with van der Waals surface area (Å²) in [6.07, 6.45) is 70.0. The molecule has 14 heteroatoms. The summed E-state index contributed by atoms with van der Waals surface area (Å²) in [5.41, 5.74) is 0. The normalized spacial score (nSPS) is 23.5. The molecule has 0 aromatic heterocycles. The highest BCUT2D eigenvalue weighted by Crippen LogP contribution is 2.30. The Morgan fingerprint density at radius 2 is 0.769 bits per heavy atom. The van der Waals surface area contributed by atoms with Crippen molar-refractivity contribution in [2.45, 2.75) is 351 Å². The Bertz CT molecular complexity index is 1950. The lowest BCUT2D eigenvalue weighted by Gasteiger charge is -2.46. The van der Waals surface area contributed by atoms with Gasteiger partial charge in [0.2, 0.25) is 5.91 Å². The fourth-order valence-electron chi connectivity index (χ4n) is 11.4. The molecule has 2 aliphatic heterocycles. The molecule has 0 spiro atoms. The van der Waals surface area contributed by atoms with Crippen LogP contribution in [0.15, 0.2) is 109 Å². The molecule has 2 saturated heterocycles. The van der Waals surface area contributed by atoms with Crippen LogP contribution in [0, 0.1) is 0 Å². The highest BCUT2D eigenvalue weighted by molar-refractivity contribution is 5.76. The minimum Gasteiger partial charge on any atom is -0.394 e. The molecular formula is C77H133NO13. The zero-order valence-electron chi connectivity index (χ0n) is 57.1. The predicted octanol–water partition coefficient (Wildman–Crippen LogP) is 15.5. The van der Waals surface area contributed by atoms with Crippen molar-refractivity contribution in [2.24, 2.45) is 0 Å². The fraction of sp³-hybridized carbons (Fsp3) is 0.753. The van der Waals surface area contributed by atoms with Crippen LogP contribution >= 0.6 is 0 Å². The predicted molar refractivity (Wildman–Crippen MR) is 373 cm³/mol. The largest absolute Gasteiger partial charge is 0.394 e. The van der Waals surface area contributed by atoms with Gasteiger partial charge in [-0.1, -0.05) is 284 Å². The number of nitrogens with one attached hydrogen (secondary N) is 1. The summed E-state index contributed by atoms with van der Waals surface area (Å²) in [6, 6.07) is -0.953. The van der Waals surface area contributed by atoms with Crippen LogP contribution in [0.2, 0.25) is 0 Å². The van der Waals surface area contributed by atoms with Crippen molar-refractivity contribution in [1.82, 2.24) is 5.32 Å². The number of unbranched alkanes of at least 4 members (excludes halogenated alkanes) is 30. The minimum absolute atomic E-state index is 0.253. The van der Waals surface area contributed by atoms with E-state index >= 15 is 0 Å². The first-order valence-electron chi connectivity index (χ1n) is 36.6. The molecule has 2 aliphatic rings. The van der Waals surface area contributed by atoms with Gasteiger partial charge in [0.1, 0.15) is 48.8 Å². The van der Waals surface area contributed by atoms with E-state index in [2.05, 4.69) is 116 Å². The van der Waals surface area contributed by atoms with Crippen molar-refractivity contribution in [3.63, 3.8) is 0 Å². The Labute approximate surface area is 553 Å². The van der Waals surface area contributed by atoms with Gasteiger partial charge in [-0.05, 0) is 96.3 Å². The highest BCUT2D eigenvalue weighted by Gasteiger charge is 2.51. The second kappa shape index (κ2) is 60.3. The van der Waals surface area contributed by atoms with Gasteiger partial charge >= 0.3 is 0 Å². The van der Waals surface area contributed by atoms with E-state index in [4.69, 9.17) is 18.9 Å². The number of rotatable bonds is 59. The molecule has 12 unspecified atom stereocenters. The standard InChI is InChI=1S/C77H133NO13/c1-3-5-7-9-11-13-15-17-19-21-23-25-27-29-31-32-33-35-36-38-40-42-44-46-48-50-52-54-56-58-60-66(81)65(64-88-76-74(87)72(85)75(68(63-80)90-76)91-77-73(86)71(84)70(83)67(62-79)89-77)78-69(82)61-59-57-55-53-51-49-47-45-43-41-39-37-34-30-28-26-24-22-20-18-16-14-12-10-8-6-4-2/h6,8,12,14,18,20,24,26,30,34,39,41-42,44,50,52,58,60,65-68,70-77,79-81,83-87H,3-5,7,9-11,13,15-17,19,21-23,25,27-29,31-33,35-38,40,43,45-49,51,53-57,59,61-64H2,1-2H3,(H,78,82)/b8-6-,14-12-,20-18-,26-24-,34-30-,41-39-,44-42+,52-50+,60-58+. The summed E-state index contributed by atoms with van der Waals surface area (Å²) in [5.74, 6) is -0.264. The Morgan fingerprint density at radius 1 is 0.407 bits per heavy atom. The second-order valence-corrected chi connectivity index (χ2v) is 25.3. The van der Waals surface area contributed by atoms with E-state index in [0.29, 0.717) is 12.8 Å². The number of aliphatic hydroxyl groups excluding tert-OH is 8. The first kappa shape index (κ1) is 83.7. The lowest BCUT2D eigenvalue weighted by atomic mass is 9.97. The average molecular weight is 1280 g/mol. The molecule has 0 aromatic carbocycles. The zero-order valence-corrected chi connectivity index (χ0v) is 57.1. The molecule has 12 atom stereocenters. The summed E-state index contributed by atoms with van der Waals surface area (Å²) >= 11 is 0. The van der Waals surface area contributed by atoms with Gasteiger partial charge in [0.05, 0.1) is 32.0 Å². The van der Waals surface area contributed by atoms with Gasteiger partial charge in [0, 0.05) is 6.42 Å². The van der Waals surface area contributed by atoms with Crippen molar-refractivity contribution in [3.05, 3.63) is 109 Å². The van der Waals surface area contributed by atoms with Crippen molar-refractivity contribution < 1.29 is 64.6 Å². The van der Waals surface area contributed by atoms with Crippen molar-refractivity contribution in [2.75, 3.05) is 19.8 Å². The molecule has 0 radical (unpaired) electrons. The molecule has 0 bridgehead atoms. The maximum Gasteiger partial charge on any atom is 0.220 e. The first-order chi connectivity index (χ1) is 44.6. The quantitative estimate of drug-likeness (QED) is 0.0204. The van der Waals surface area contributed by atoms with Crippen LogP contribution in [0.5, 0.6) is 0 Å². The molecule has 0 aromatic rings.